The zero-order valence-corrected chi connectivity index (χ0v) is 10.1. The van der Waals surface area contributed by atoms with Crippen LogP contribution in [0, 0.1) is 11.3 Å². The Hall–Kier alpha value is -0.940. The van der Waals surface area contributed by atoms with E-state index >= 15 is 0 Å². The first-order chi connectivity index (χ1) is 8.08. The molecule has 0 saturated heterocycles. The monoisotopic (exact) mass is 274 g/mol. The van der Waals surface area contributed by atoms with Gasteiger partial charge in [-0.1, -0.05) is 0 Å². The van der Waals surface area contributed by atoms with E-state index in [9.17, 15) is 22.0 Å². The average molecular weight is 274 g/mol. The standard InChI is InChI=1S/C10H15F5N2O/c1-8(6-16,17-2)4-3-5-18-7-9(11,12)10(13,14)15/h17H,3-5,7H2,1-2H3. The van der Waals surface area contributed by atoms with Gasteiger partial charge < -0.3 is 10.1 Å². The van der Waals surface area contributed by atoms with E-state index < -0.39 is 24.2 Å². The van der Waals surface area contributed by atoms with Crippen LogP contribution in [0.4, 0.5) is 22.0 Å². The molecule has 0 aliphatic rings. The fraction of sp³-hybridized carbons (Fsp3) is 0.900. The summed E-state index contributed by atoms with van der Waals surface area (Å²) in [5.74, 6) is -4.84. The molecule has 0 radical (unpaired) electrons. The summed E-state index contributed by atoms with van der Waals surface area (Å²) in [5.41, 5.74) is -0.837. The number of hydrogen-bond acceptors (Lipinski definition) is 3. The Labute approximate surface area is 102 Å². The molecule has 18 heavy (non-hydrogen) atoms. The van der Waals surface area contributed by atoms with Crippen LogP contribution in [0.1, 0.15) is 19.8 Å². The Morgan fingerprint density at radius 2 is 1.78 bits per heavy atom. The predicted molar refractivity (Wildman–Crippen MR) is 54.1 cm³/mol. The molecule has 0 aromatic heterocycles. The van der Waals surface area contributed by atoms with Gasteiger partial charge in [0.15, 0.2) is 0 Å². The van der Waals surface area contributed by atoms with Crippen LogP contribution >= 0.6 is 0 Å². The SMILES string of the molecule is CNC(C)(C#N)CCCOCC(F)(F)C(F)(F)F. The Kier molecular flexibility index (Phi) is 5.96. The van der Waals surface area contributed by atoms with Crippen molar-refractivity contribution in [3.63, 3.8) is 0 Å². The van der Waals surface area contributed by atoms with E-state index in [1.54, 1.807) is 14.0 Å². The lowest BCUT2D eigenvalue weighted by Gasteiger charge is -2.21. The molecule has 3 nitrogen and oxygen atoms in total. The van der Waals surface area contributed by atoms with E-state index in [4.69, 9.17) is 5.26 Å². The van der Waals surface area contributed by atoms with Crippen LogP contribution in [-0.4, -0.2) is 37.9 Å². The minimum atomic E-state index is -5.60. The van der Waals surface area contributed by atoms with Gasteiger partial charge >= 0.3 is 12.1 Å². The maximum absolute atomic E-state index is 12.4. The zero-order valence-electron chi connectivity index (χ0n) is 10.1. The number of ether oxygens (including phenoxy) is 1. The van der Waals surface area contributed by atoms with Crippen LogP contribution in [0.15, 0.2) is 0 Å². The van der Waals surface area contributed by atoms with Gasteiger partial charge in [0.1, 0.15) is 12.1 Å². The molecule has 0 bridgehead atoms. The van der Waals surface area contributed by atoms with E-state index in [0.717, 1.165) is 0 Å². The predicted octanol–water partition coefficient (Wildman–Crippen LogP) is 2.48. The number of nitriles is 1. The summed E-state index contributed by atoms with van der Waals surface area (Å²) < 4.78 is 64.4. The summed E-state index contributed by atoms with van der Waals surface area (Å²) in [6.07, 6.45) is -5.10. The molecule has 0 aliphatic heterocycles. The first-order valence-corrected chi connectivity index (χ1v) is 5.20. The molecule has 106 valence electrons. The van der Waals surface area contributed by atoms with E-state index in [1.165, 1.54) is 0 Å². The topological polar surface area (TPSA) is 45.0 Å². The van der Waals surface area contributed by atoms with Crippen molar-refractivity contribution in [2.24, 2.45) is 0 Å². The van der Waals surface area contributed by atoms with Crippen molar-refractivity contribution in [1.29, 1.82) is 5.26 Å². The van der Waals surface area contributed by atoms with E-state index in [0.29, 0.717) is 0 Å². The highest BCUT2D eigenvalue weighted by atomic mass is 19.4. The third-order valence-electron chi connectivity index (χ3n) is 2.46. The normalized spacial score (nSPS) is 16.1. The number of nitrogens with zero attached hydrogens (tertiary/aromatic N) is 1. The van der Waals surface area contributed by atoms with Crippen molar-refractivity contribution >= 4 is 0 Å². The van der Waals surface area contributed by atoms with Crippen molar-refractivity contribution in [3.8, 4) is 6.07 Å². The van der Waals surface area contributed by atoms with Crippen molar-refractivity contribution < 1.29 is 26.7 Å². The molecule has 0 fully saturated rings. The summed E-state index contributed by atoms with van der Waals surface area (Å²) in [5, 5.41) is 11.5. The van der Waals surface area contributed by atoms with Crippen molar-refractivity contribution in [2.45, 2.75) is 37.4 Å². The smallest absolute Gasteiger partial charge is 0.375 e. The Bertz CT molecular complexity index is 300. The van der Waals surface area contributed by atoms with Gasteiger partial charge in [0.25, 0.3) is 0 Å². The number of rotatable bonds is 7. The highest BCUT2D eigenvalue weighted by Crippen LogP contribution is 2.35. The van der Waals surface area contributed by atoms with Crippen molar-refractivity contribution in [1.82, 2.24) is 5.32 Å². The van der Waals surface area contributed by atoms with Crippen molar-refractivity contribution in [3.05, 3.63) is 0 Å². The second-order valence-corrected chi connectivity index (χ2v) is 4.05. The maximum atomic E-state index is 12.4. The molecule has 1 N–H and O–H groups in total. The lowest BCUT2D eigenvalue weighted by Crippen LogP contribution is -2.41. The van der Waals surface area contributed by atoms with Crippen LogP contribution in [0.25, 0.3) is 0 Å². The molecule has 1 unspecified atom stereocenters. The van der Waals surface area contributed by atoms with Gasteiger partial charge in [-0.15, -0.1) is 0 Å². The molecule has 0 rings (SSSR count). The van der Waals surface area contributed by atoms with Crippen molar-refractivity contribution in [2.75, 3.05) is 20.3 Å². The van der Waals surface area contributed by atoms with Gasteiger partial charge in [0.05, 0.1) is 6.07 Å². The molecule has 1 atom stereocenters. The zero-order chi connectivity index (χ0) is 14.4. The van der Waals surface area contributed by atoms with Crippen LogP contribution in [0.2, 0.25) is 0 Å². The number of halogens is 5. The molecule has 0 heterocycles. The van der Waals surface area contributed by atoms with E-state index in [2.05, 4.69) is 10.1 Å². The number of alkyl halides is 5. The second-order valence-electron chi connectivity index (χ2n) is 4.05. The van der Waals surface area contributed by atoms with E-state index in [-0.39, 0.29) is 19.4 Å². The van der Waals surface area contributed by atoms with Gasteiger partial charge in [-0.2, -0.15) is 27.2 Å². The summed E-state index contributed by atoms with van der Waals surface area (Å²) >= 11 is 0. The summed E-state index contributed by atoms with van der Waals surface area (Å²) in [4.78, 5) is 0. The van der Waals surface area contributed by atoms with Crippen LogP contribution < -0.4 is 5.32 Å². The molecule has 0 spiro atoms. The maximum Gasteiger partial charge on any atom is 0.455 e. The average Bonchev–Trinajstić information content (AvgIpc) is 2.26. The Morgan fingerprint density at radius 1 is 1.22 bits per heavy atom. The molecule has 8 heteroatoms. The van der Waals surface area contributed by atoms with Gasteiger partial charge in [-0.05, 0) is 26.8 Å². The fourth-order valence-corrected chi connectivity index (χ4v) is 1.05. The molecule has 0 amide bonds. The Morgan fingerprint density at radius 3 is 2.17 bits per heavy atom. The van der Waals surface area contributed by atoms with Gasteiger partial charge in [0.2, 0.25) is 0 Å². The molecule has 0 aromatic carbocycles. The van der Waals surface area contributed by atoms with Crippen LogP contribution in [-0.2, 0) is 4.74 Å². The summed E-state index contributed by atoms with van der Waals surface area (Å²) in [7, 11) is 1.56. The highest BCUT2D eigenvalue weighted by molar-refractivity contribution is 5.02. The first-order valence-electron chi connectivity index (χ1n) is 5.20. The van der Waals surface area contributed by atoms with Crippen LogP contribution in [0.3, 0.4) is 0 Å². The highest BCUT2D eigenvalue weighted by Gasteiger charge is 2.57. The fourth-order valence-electron chi connectivity index (χ4n) is 1.05. The first kappa shape index (κ1) is 17.1. The van der Waals surface area contributed by atoms with Crippen LogP contribution in [0.5, 0.6) is 0 Å². The largest absolute Gasteiger partial charge is 0.455 e. The molecule has 0 aliphatic carbocycles. The van der Waals surface area contributed by atoms with Gasteiger partial charge in [0, 0.05) is 6.61 Å². The third-order valence-corrected chi connectivity index (χ3v) is 2.46. The summed E-state index contributed by atoms with van der Waals surface area (Å²) in [6.45, 7) is -0.360. The molecular weight excluding hydrogens is 259 g/mol. The molecule has 0 aromatic rings. The Balaban J connectivity index is 3.93. The lowest BCUT2D eigenvalue weighted by atomic mass is 9.98. The number of hydrogen-bond donors (Lipinski definition) is 1. The second kappa shape index (κ2) is 6.29. The minimum Gasteiger partial charge on any atom is -0.375 e. The molecule has 0 saturated carbocycles. The third kappa shape index (κ3) is 5.14. The van der Waals surface area contributed by atoms with E-state index in [1.807, 2.05) is 6.07 Å². The van der Waals surface area contributed by atoms with Gasteiger partial charge in [-0.25, -0.2) is 0 Å². The minimum absolute atomic E-state index is 0.207. The quantitative estimate of drug-likeness (QED) is 0.573. The van der Waals surface area contributed by atoms with Gasteiger partial charge in [-0.3, -0.25) is 0 Å². The molecular formula is C10H15F5N2O. The lowest BCUT2D eigenvalue weighted by molar-refractivity contribution is -0.296. The number of nitrogens with one attached hydrogen (secondary N) is 1. The summed E-state index contributed by atoms with van der Waals surface area (Å²) in [6, 6.07) is 1.96.